The van der Waals surface area contributed by atoms with Crippen LogP contribution in [0.4, 0.5) is 0 Å². The van der Waals surface area contributed by atoms with Crippen molar-refractivity contribution in [2.45, 2.75) is 39.3 Å². The lowest BCUT2D eigenvalue weighted by atomic mass is 10.0. The van der Waals surface area contributed by atoms with Gasteiger partial charge in [0.2, 0.25) is 0 Å². The molecule has 0 amide bonds. The number of halogens is 1. The smallest absolute Gasteiger partial charge is 0.0409 e. The van der Waals surface area contributed by atoms with Crippen molar-refractivity contribution in [2.24, 2.45) is 5.92 Å². The lowest BCUT2D eigenvalue weighted by Crippen LogP contribution is -2.44. The number of rotatable bonds is 6. The molecule has 1 atom stereocenters. The SMILES string of the molecule is CC(C)C(CNCc1cccc(Cl)c1)N1CCCC1. The Hall–Kier alpha value is -0.570. The molecule has 0 bridgehead atoms. The summed E-state index contributed by atoms with van der Waals surface area (Å²) in [4.78, 5) is 2.63. The highest BCUT2D eigenvalue weighted by Crippen LogP contribution is 2.17. The Balaban J connectivity index is 1.82. The van der Waals surface area contributed by atoms with Crippen LogP contribution >= 0.6 is 11.6 Å². The van der Waals surface area contributed by atoms with Gasteiger partial charge in [0, 0.05) is 24.2 Å². The number of nitrogens with one attached hydrogen (secondary N) is 1. The first-order chi connectivity index (χ1) is 9.16. The van der Waals surface area contributed by atoms with E-state index in [1.165, 1.54) is 31.5 Å². The van der Waals surface area contributed by atoms with E-state index in [-0.39, 0.29) is 0 Å². The van der Waals surface area contributed by atoms with Gasteiger partial charge in [0.15, 0.2) is 0 Å². The van der Waals surface area contributed by atoms with E-state index in [1.807, 2.05) is 18.2 Å². The second kappa shape index (κ2) is 7.28. The first kappa shape index (κ1) is 14.8. The van der Waals surface area contributed by atoms with E-state index in [0.29, 0.717) is 12.0 Å². The Morgan fingerprint density at radius 3 is 2.63 bits per heavy atom. The van der Waals surface area contributed by atoms with Crippen LogP contribution in [0.15, 0.2) is 24.3 Å². The van der Waals surface area contributed by atoms with Crippen molar-refractivity contribution in [1.29, 1.82) is 0 Å². The Kier molecular flexibility index (Phi) is 5.68. The van der Waals surface area contributed by atoms with Crippen LogP contribution in [0.2, 0.25) is 5.02 Å². The van der Waals surface area contributed by atoms with Gasteiger partial charge in [0.25, 0.3) is 0 Å². The van der Waals surface area contributed by atoms with Crippen molar-refractivity contribution < 1.29 is 0 Å². The molecule has 0 aromatic heterocycles. The fraction of sp³-hybridized carbons (Fsp3) is 0.625. The van der Waals surface area contributed by atoms with E-state index >= 15 is 0 Å². The maximum atomic E-state index is 6.00. The minimum atomic E-state index is 0.654. The van der Waals surface area contributed by atoms with Crippen molar-refractivity contribution in [3.8, 4) is 0 Å². The van der Waals surface area contributed by atoms with Gasteiger partial charge in [-0.25, -0.2) is 0 Å². The highest BCUT2D eigenvalue weighted by atomic mass is 35.5. The zero-order valence-electron chi connectivity index (χ0n) is 12.0. The Morgan fingerprint density at radius 1 is 1.26 bits per heavy atom. The van der Waals surface area contributed by atoms with Gasteiger partial charge in [-0.2, -0.15) is 0 Å². The summed E-state index contributed by atoms with van der Waals surface area (Å²) in [7, 11) is 0. The molecule has 2 rings (SSSR count). The third-order valence-electron chi connectivity index (χ3n) is 3.95. The Labute approximate surface area is 122 Å². The molecular formula is C16H25ClN2. The zero-order valence-corrected chi connectivity index (χ0v) is 12.8. The fourth-order valence-corrected chi connectivity index (χ4v) is 3.08. The standard InChI is InChI=1S/C16H25ClN2/c1-13(2)16(19-8-3-4-9-19)12-18-11-14-6-5-7-15(17)10-14/h5-7,10,13,16,18H,3-4,8-9,11-12H2,1-2H3. The third-order valence-corrected chi connectivity index (χ3v) is 4.19. The molecule has 1 aromatic carbocycles. The van der Waals surface area contributed by atoms with Crippen LogP contribution in [0, 0.1) is 5.92 Å². The molecule has 0 spiro atoms. The molecular weight excluding hydrogens is 256 g/mol. The van der Waals surface area contributed by atoms with Crippen LogP contribution in [0.5, 0.6) is 0 Å². The van der Waals surface area contributed by atoms with Gasteiger partial charge in [-0.15, -0.1) is 0 Å². The summed E-state index contributed by atoms with van der Waals surface area (Å²) in [5, 5.41) is 4.41. The first-order valence-electron chi connectivity index (χ1n) is 7.36. The van der Waals surface area contributed by atoms with Gasteiger partial charge in [-0.1, -0.05) is 37.6 Å². The summed E-state index contributed by atoms with van der Waals surface area (Å²) < 4.78 is 0. The molecule has 0 saturated carbocycles. The highest BCUT2D eigenvalue weighted by Gasteiger charge is 2.23. The van der Waals surface area contributed by atoms with Gasteiger partial charge in [0.1, 0.15) is 0 Å². The van der Waals surface area contributed by atoms with Crippen molar-refractivity contribution in [1.82, 2.24) is 10.2 Å². The lowest BCUT2D eigenvalue weighted by Gasteiger charge is -2.31. The predicted molar refractivity (Wildman–Crippen MR) is 82.6 cm³/mol. The number of hydrogen-bond donors (Lipinski definition) is 1. The monoisotopic (exact) mass is 280 g/mol. The quantitative estimate of drug-likeness (QED) is 0.857. The van der Waals surface area contributed by atoms with Crippen LogP contribution in [-0.4, -0.2) is 30.6 Å². The summed E-state index contributed by atoms with van der Waals surface area (Å²) >= 11 is 6.00. The minimum Gasteiger partial charge on any atom is -0.311 e. The molecule has 1 aromatic rings. The largest absolute Gasteiger partial charge is 0.311 e. The van der Waals surface area contributed by atoms with Crippen LogP contribution in [0.25, 0.3) is 0 Å². The zero-order chi connectivity index (χ0) is 13.7. The number of nitrogens with zero attached hydrogens (tertiary/aromatic N) is 1. The van der Waals surface area contributed by atoms with Crippen molar-refractivity contribution >= 4 is 11.6 Å². The molecule has 3 heteroatoms. The Morgan fingerprint density at radius 2 is 2.00 bits per heavy atom. The highest BCUT2D eigenvalue weighted by molar-refractivity contribution is 6.30. The fourth-order valence-electron chi connectivity index (χ4n) is 2.87. The second-order valence-electron chi connectivity index (χ2n) is 5.82. The maximum absolute atomic E-state index is 6.00. The maximum Gasteiger partial charge on any atom is 0.0409 e. The molecule has 1 aliphatic rings. The average molecular weight is 281 g/mol. The van der Waals surface area contributed by atoms with Crippen LogP contribution in [0.3, 0.4) is 0 Å². The van der Waals surface area contributed by atoms with Gasteiger partial charge < -0.3 is 5.32 Å². The predicted octanol–water partition coefficient (Wildman–Crippen LogP) is 3.55. The molecule has 1 heterocycles. The molecule has 0 aliphatic carbocycles. The topological polar surface area (TPSA) is 15.3 Å². The second-order valence-corrected chi connectivity index (χ2v) is 6.25. The van der Waals surface area contributed by atoms with Crippen LogP contribution in [0.1, 0.15) is 32.3 Å². The molecule has 2 nitrogen and oxygen atoms in total. The molecule has 1 N–H and O–H groups in total. The molecule has 0 radical (unpaired) electrons. The van der Waals surface area contributed by atoms with Crippen molar-refractivity contribution in [3.63, 3.8) is 0 Å². The summed E-state index contributed by atoms with van der Waals surface area (Å²) in [6, 6.07) is 8.75. The van der Waals surface area contributed by atoms with Crippen molar-refractivity contribution in [2.75, 3.05) is 19.6 Å². The first-order valence-corrected chi connectivity index (χ1v) is 7.74. The average Bonchev–Trinajstić information content (AvgIpc) is 2.88. The molecule has 106 valence electrons. The summed E-state index contributed by atoms with van der Waals surface area (Å²) in [5.41, 5.74) is 1.26. The lowest BCUT2D eigenvalue weighted by molar-refractivity contribution is 0.186. The van der Waals surface area contributed by atoms with E-state index < -0.39 is 0 Å². The van der Waals surface area contributed by atoms with E-state index in [4.69, 9.17) is 11.6 Å². The number of hydrogen-bond acceptors (Lipinski definition) is 2. The Bertz CT molecular complexity index is 386. The summed E-state index contributed by atoms with van der Waals surface area (Å²) in [6.45, 7) is 9.14. The van der Waals surface area contributed by atoms with E-state index in [9.17, 15) is 0 Å². The van der Waals surface area contributed by atoms with E-state index in [2.05, 4.69) is 30.1 Å². The molecule has 1 unspecified atom stereocenters. The molecule has 19 heavy (non-hydrogen) atoms. The molecule has 1 aliphatic heterocycles. The van der Waals surface area contributed by atoms with Crippen LogP contribution < -0.4 is 5.32 Å². The number of likely N-dealkylation sites (tertiary alicyclic amines) is 1. The van der Waals surface area contributed by atoms with E-state index in [1.54, 1.807) is 0 Å². The third kappa shape index (κ3) is 4.48. The minimum absolute atomic E-state index is 0.654. The van der Waals surface area contributed by atoms with Gasteiger partial charge >= 0.3 is 0 Å². The number of benzene rings is 1. The van der Waals surface area contributed by atoms with E-state index in [0.717, 1.165) is 18.1 Å². The summed E-state index contributed by atoms with van der Waals surface area (Å²) in [6.07, 6.45) is 2.72. The molecule has 1 saturated heterocycles. The van der Waals surface area contributed by atoms with Crippen LogP contribution in [-0.2, 0) is 6.54 Å². The molecule has 1 fully saturated rings. The van der Waals surface area contributed by atoms with Crippen molar-refractivity contribution in [3.05, 3.63) is 34.9 Å². The van der Waals surface area contributed by atoms with Gasteiger partial charge in [-0.05, 0) is 49.5 Å². The van der Waals surface area contributed by atoms with Gasteiger partial charge in [-0.3, -0.25) is 4.90 Å². The van der Waals surface area contributed by atoms with Gasteiger partial charge in [0.05, 0.1) is 0 Å². The normalized spacial score (nSPS) is 18.1. The summed E-state index contributed by atoms with van der Waals surface area (Å²) in [5.74, 6) is 0.699.